The van der Waals surface area contributed by atoms with E-state index in [0.29, 0.717) is 25.8 Å². The molecule has 0 aromatic carbocycles. The van der Waals surface area contributed by atoms with Crippen molar-refractivity contribution in [3.63, 3.8) is 0 Å². The van der Waals surface area contributed by atoms with Gasteiger partial charge in [-0.15, -0.1) is 0 Å². The zero-order valence-corrected chi connectivity index (χ0v) is 10.1. The Kier molecular flexibility index (Phi) is 8.52. The van der Waals surface area contributed by atoms with E-state index >= 15 is 0 Å². The van der Waals surface area contributed by atoms with Crippen LogP contribution in [0.25, 0.3) is 0 Å². The van der Waals surface area contributed by atoms with Gasteiger partial charge in [-0.05, 0) is 26.2 Å². The molecule has 5 heteroatoms. The number of amides is 2. The van der Waals surface area contributed by atoms with Crippen LogP contribution in [0.5, 0.6) is 0 Å². The van der Waals surface area contributed by atoms with Crippen LogP contribution in [0.15, 0.2) is 0 Å². The molecule has 0 spiro atoms. The SMILES string of the molecule is CCCNC(=O)C(C)NC(=O)CCCCO. The van der Waals surface area contributed by atoms with E-state index in [1.165, 1.54) is 0 Å². The van der Waals surface area contributed by atoms with Crippen LogP contribution in [0.4, 0.5) is 0 Å². The second kappa shape index (κ2) is 9.15. The summed E-state index contributed by atoms with van der Waals surface area (Å²) in [5.74, 6) is -0.301. The van der Waals surface area contributed by atoms with Crippen molar-refractivity contribution in [2.75, 3.05) is 13.2 Å². The minimum atomic E-state index is -0.492. The number of unbranched alkanes of at least 4 members (excludes halogenated alkanes) is 1. The van der Waals surface area contributed by atoms with Gasteiger partial charge in [0, 0.05) is 19.6 Å². The van der Waals surface area contributed by atoms with E-state index in [0.717, 1.165) is 6.42 Å². The molecule has 5 nitrogen and oxygen atoms in total. The van der Waals surface area contributed by atoms with Gasteiger partial charge in [0.1, 0.15) is 6.04 Å². The summed E-state index contributed by atoms with van der Waals surface area (Å²) in [6.45, 7) is 4.36. The smallest absolute Gasteiger partial charge is 0.242 e. The summed E-state index contributed by atoms with van der Waals surface area (Å²) < 4.78 is 0. The predicted octanol–water partition coefficient (Wildman–Crippen LogP) is 0.180. The highest BCUT2D eigenvalue weighted by Crippen LogP contribution is 1.95. The highest BCUT2D eigenvalue weighted by Gasteiger charge is 2.14. The molecule has 0 heterocycles. The normalized spacial score (nSPS) is 11.9. The molecule has 3 N–H and O–H groups in total. The number of carbonyl (C=O) groups excluding carboxylic acids is 2. The summed E-state index contributed by atoms with van der Waals surface area (Å²) in [7, 11) is 0. The van der Waals surface area contributed by atoms with Crippen LogP contribution in [-0.4, -0.2) is 36.1 Å². The number of hydrogen-bond acceptors (Lipinski definition) is 3. The third kappa shape index (κ3) is 7.23. The molecular weight excluding hydrogens is 208 g/mol. The minimum Gasteiger partial charge on any atom is -0.396 e. The highest BCUT2D eigenvalue weighted by atomic mass is 16.3. The van der Waals surface area contributed by atoms with Crippen LogP contribution >= 0.6 is 0 Å². The van der Waals surface area contributed by atoms with Gasteiger partial charge in [0.25, 0.3) is 0 Å². The van der Waals surface area contributed by atoms with E-state index in [1.807, 2.05) is 6.92 Å². The van der Waals surface area contributed by atoms with Gasteiger partial charge in [0.2, 0.25) is 11.8 Å². The molecular formula is C11H22N2O3. The fourth-order valence-corrected chi connectivity index (χ4v) is 1.18. The molecule has 0 saturated carbocycles. The van der Waals surface area contributed by atoms with Crippen LogP contribution in [-0.2, 0) is 9.59 Å². The molecule has 1 atom stereocenters. The van der Waals surface area contributed by atoms with Crippen LogP contribution < -0.4 is 10.6 Å². The summed E-state index contributed by atoms with van der Waals surface area (Å²) >= 11 is 0. The summed E-state index contributed by atoms with van der Waals surface area (Å²) in [6, 6.07) is -0.492. The molecule has 0 aromatic rings. The third-order valence-corrected chi connectivity index (χ3v) is 2.13. The van der Waals surface area contributed by atoms with Gasteiger partial charge in [0.05, 0.1) is 0 Å². The summed E-state index contributed by atoms with van der Waals surface area (Å²) in [5, 5.41) is 13.9. The lowest BCUT2D eigenvalue weighted by atomic mass is 10.2. The summed E-state index contributed by atoms with van der Waals surface area (Å²) in [5.41, 5.74) is 0. The third-order valence-electron chi connectivity index (χ3n) is 2.13. The fourth-order valence-electron chi connectivity index (χ4n) is 1.18. The number of aliphatic hydroxyl groups is 1. The molecule has 2 amide bonds. The standard InChI is InChI=1S/C11H22N2O3/c1-3-7-12-11(16)9(2)13-10(15)6-4-5-8-14/h9,14H,3-8H2,1-2H3,(H,12,16)(H,13,15). The quantitative estimate of drug-likeness (QED) is 0.520. The van der Waals surface area contributed by atoms with Crippen LogP contribution in [0, 0.1) is 0 Å². The number of nitrogens with one attached hydrogen (secondary N) is 2. The Morgan fingerprint density at radius 3 is 2.56 bits per heavy atom. The monoisotopic (exact) mass is 230 g/mol. The van der Waals surface area contributed by atoms with E-state index in [2.05, 4.69) is 10.6 Å². The van der Waals surface area contributed by atoms with E-state index in [1.54, 1.807) is 6.92 Å². The second-order valence-electron chi connectivity index (χ2n) is 3.76. The predicted molar refractivity (Wildman–Crippen MR) is 61.8 cm³/mol. The van der Waals surface area contributed by atoms with Gasteiger partial charge in [-0.25, -0.2) is 0 Å². The molecule has 0 saturated heterocycles. The van der Waals surface area contributed by atoms with Crippen molar-refractivity contribution in [3.05, 3.63) is 0 Å². The maximum absolute atomic E-state index is 11.4. The molecule has 0 radical (unpaired) electrons. The first kappa shape index (κ1) is 14.9. The largest absolute Gasteiger partial charge is 0.396 e. The topological polar surface area (TPSA) is 78.4 Å². The van der Waals surface area contributed by atoms with E-state index < -0.39 is 6.04 Å². The average Bonchev–Trinajstić information content (AvgIpc) is 2.26. The Labute approximate surface area is 96.6 Å². The van der Waals surface area contributed by atoms with Gasteiger partial charge in [-0.3, -0.25) is 9.59 Å². The van der Waals surface area contributed by atoms with Gasteiger partial charge in [-0.1, -0.05) is 6.92 Å². The maximum atomic E-state index is 11.4. The van der Waals surface area contributed by atoms with E-state index in [-0.39, 0.29) is 18.4 Å². The van der Waals surface area contributed by atoms with Crippen LogP contribution in [0.2, 0.25) is 0 Å². The Morgan fingerprint density at radius 2 is 2.00 bits per heavy atom. The lowest BCUT2D eigenvalue weighted by Crippen LogP contribution is -2.44. The van der Waals surface area contributed by atoms with Crippen molar-refractivity contribution in [1.29, 1.82) is 0 Å². The Hall–Kier alpha value is -1.10. The Balaban J connectivity index is 3.71. The average molecular weight is 230 g/mol. The molecule has 0 aliphatic carbocycles. The molecule has 0 aliphatic heterocycles. The van der Waals surface area contributed by atoms with Crippen LogP contribution in [0.3, 0.4) is 0 Å². The lowest BCUT2D eigenvalue weighted by Gasteiger charge is -2.13. The zero-order chi connectivity index (χ0) is 12.4. The molecule has 16 heavy (non-hydrogen) atoms. The second-order valence-corrected chi connectivity index (χ2v) is 3.76. The highest BCUT2D eigenvalue weighted by molar-refractivity contribution is 5.87. The first-order chi connectivity index (χ1) is 7.61. The van der Waals surface area contributed by atoms with E-state index in [9.17, 15) is 9.59 Å². The van der Waals surface area contributed by atoms with E-state index in [4.69, 9.17) is 5.11 Å². The van der Waals surface area contributed by atoms with Crippen LogP contribution in [0.1, 0.15) is 39.5 Å². The molecule has 0 fully saturated rings. The fraction of sp³-hybridized carbons (Fsp3) is 0.818. The number of aliphatic hydroxyl groups excluding tert-OH is 1. The molecule has 1 unspecified atom stereocenters. The van der Waals surface area contributed by atoms with Crippen molar-refractivity contribution in [3.8, 4) is 0 Å². The molecule has 0 rings (SSSR count). The van der Waals surface area contributed by atoms with Gasteiger partial charge in [-0.2, -0.15) is 0 Å². The van der Waals surface area contributed by atoms with Gasteiger partial charge in [0.15, 0.2) is 0 Å². The molecule has 0 aromatic heterocycles. The zero-order valence-electron chi connectivity index (χ0n) is 10.1. The van der Waals surface area contributed by atoms with Crippen molar-refractivity contribution in [1.82, 2.24) is 10.6 Å². The van der Waals surface area contributed by atoms with Gasteiger partial charge >= 0.3 is 0 Å². The Bertz CT molecular complexity index is 219. The van der Waals surface area contributed by atoms with Crippen molar-refractivity contribution < 1.29 is 14.7 Å². The summed E-state index contributed by atoms with van der Waals surface area (Å²) in [6.07, 6.45) is 2.49. The maximum Gasteiger partial charge on any atom is 0.242 e. The Morgan fingerprint density at radius 1 is 1.31 bits per heavy atom. The minimum absolute atomic E-state index is 0.0970. The first-order valence-electron chi connectivity index (χ1n) is 5.79. The van der Waals surface area contributed by atoms with Crippen molar-refractivity contribution >= 4 is 11.8 Å². The lowest BCUT2D eigenvalue weighted by molar-refractivity contribution is -0.128. The molecule has 94 valence electrons. The first-order valence-corrected chi connectivity index (χ1v) is 5.79. The summed E-state index contributed by atoms with van der Waals surface area (Å²) in [4.78, 5) is 22.7. The van der Waals surface area contributed by atoms with Crippen molar-refractivity contribution in [2.24, 2.45) is 0 Å². The number of rotatable bonds is 8. The number of hydrogen-bond donors (Lipinski definition) is 3. The number of carbonyl (C=O) groups is 2. The van der Waals surface area contributed by atoms with Gasteiger partial charge < -0.3 is 15.7 Å². The molecule has 0 bridgehead atoms. The van der Waals surface area contributed by atoms with Crippen molar-refractivity contribution in [2.45, 2.75) is 45.6 Å². The molecule has 0 aliphatic rings.